The molecule has 0 amide bonds. The van der Waals surface area contributed by atoms with Crippen LogP contribution in [0.1, 0.15) is 27.7 Å². The van der Waals surface area contributed by atoms with Crippen LogP contribution < -0.4 is 0 Å². The zero-order chi connectivity index (χ0) is 22.5. The van der Waals surface area contributed by atoms with Crippen LogP contribution in [-0.4, -0.2) is 102 Å². The van der Waals surface area contributed by atoms with Crippen LogP contribution in [0.4, 0.5) is 0 Å². The van der Waals surface area contributed by atoms with Gasteiger partial charge in [-0.25, -0.2) is 0 Å². The van der Waals surface area contributed by atoms with Crippen LogP contribution in [0.15, 0.2) is 0 Å². The first-order valence-corrected chi connectivity index (χ1v) is 10.00. The fourth-order valence-corrected chi connectivity index (χ4v) is 4.60. The first-order chi connectivity index (χ1) is 14.0. The fraction of sp³-hybridized carbons (Fsp3) is 1.00. The SMILES string of the molecule is CO[C@@H]1[C@H]2O[C@](C)(OC)[C@@](C)(OC)O[C@@H]2[C@H](OC)[C@@H]2O[C@@](C)(OC)[C@](C)(OC)O[C@@H]12. The summed E-state index contributed by atoms with van der Waals surface area (Å²) in [6.45, 7) is 7.03. The standard InChI is InChI=1S/C20H36O10/c1-17(23-7)18(2,24-8)28-14-12(22-6)16-15(11(21-5)13(14)27-17)29-19(3,25-9)20(4,26-10)30-16/h11-16H,1-10H3/t11-,12+,13-,14-,15+,16+,17+,18+,19-,20-. The third-order valence-electron chi connectivity index (χ3n) is 7.14. The monoisotopic (exact) mass is 436 g/mol. The van der Waals surface area contributed by atoms with Gasteiger partial charge in [0.15, 0.2) is 0 Å². The Kier molecular flexibility index (Phi) is 6.61. The van der Waals surface area contributed by atoms with Crippen LogP contribution in [-0.2, 0) is 47.4 Å². The lowest BCUT2D eigenvalue weighted by atomic mass is 9.81. The molecule has 10 nitrogen and oxygen atoms in total. The minimum absolute atomic E-state index is 0.571. The Labute approximate surface area is 178 Å². The smallest absolute Gasteiger partial charge is 0.220 e. The van der Waals surface area contributed by atoms with Gasteiger partial charge >= 0.3 is 0 Å². The summed E-state index contributed by atoms with van der Waals surface area (Å²) in [5.41, 5.74) is 0. The molecule has 0 spiro atoms. The quantitative estimate of drug-likeness (QED) is 0.601. The van der Waals surface area contributed by atoms with Gasteiger partial charge in [0.1, 0.15) is 36.6 Å². The van der Waals surface area contributed by atoms with Gasteiger partial charge in [-0.15, -0.1) is 0 Å². The van der Waals surface area contributed by atoms with Crippen LogP contribution in [0, 0.1) is 0 Å². The molecule has 1 aliphatic carbocycles. The molecule has 2 saturated heterocycles. The number of rotatable bonds is 6. The maximum absolute atomic E-state index is 6.41. The largest absolute Gasteiger partial charge is 0.376 e. The summed E-state index contributed by atoms with van der Waals surface area (Å²) in [4.78, 5) is 0. The summed E-state index contributed by atoms with van der Waals surface area (Å²) in [5, 5.41) is 0. The van der Waals surface area contributed by atoms with E-state index in [1.807, 2.05) is 0 Å². The van der Waals surface area contributed by atoms with Crippen LogP contribution in [0.2, 0.25) is 0 Å². The van der Waals surface area contributed by atoms with E-state index in [-0.39, 0.29) is 0 Å². The van der Waals surface area contributed by atoms with Gasteiger partial charge in [-0.3, -0.25) is 0 Å². The van der Waals surface area contributed by atoms with Crippen LogP contribution in [0.3, 0.4) is 0 Å². The average molecular weight is 436 g/mol. The summed E-state index contributed by atoms with van der Waals surface area (Å²) in [6, 6.07) is 0. The van der Waals surface area contributed by atoms with Crippen LogP contribution in [0.25, 0.3) is 0 Å². The molecular weight excluding hydrogens is 400 g/mol. The summed E-state index contributed by atoms with van der Waals surface area (Å²) < 4.78 is 60.0. The summed E-state index contributed by atoms with van der Waals surface area (Å²) in [7, 11) is 9.31. The minimum atomic E-state index is -1.20. The van der Waals surface area contributed by atoms with Gasteiger partial charge in [0.2, 0.25) is 23.1 Å². The molecule has 30 heavy (non-hydrogen) atoms. The molecule has 176 valence electrons. The molecule has 0 radical (unpaired) electrons. The third-order valence-corrected chi connectivity index (χ3v) is 7.14. The van der Waals surface area contributed by atoms with Crippen LogP contribution in [0.5, 0.6) is 0 Å². The van der Waals surface area contributed by atoms with Gasteiger partial charge in [0.25, 0.3) is 0 Å². The summed E-state index contributed by atoms with van der Waals surface area (Å²) in [5.74, 6) is -4.81. The second kappa shape index (κ2) is 8.18. The number of fused-ring (bicyclic) bond motifs is 2. The van der Waals surface area contributed by atoms with E-state index in [1.165, 1.54) is 28.4 Å². The van der Waals surface area contributed by atoms with Gasteiger partial charge in [-0.05, 0) is 27.7 Å². The lowest BCUT2D eigenvalue weighted by molar-refractivity contribution is -0.504. The Hall–Kier alpha value is -0.400. The van der Waals surface area contributed by atoms with Gasteiger partial charge in [0.05, 0.1) is 0 Å². The van der Waals surface area contributed by atoms with E-state index in [4.69, 9.17) is 47.4 Å². The molecule has 0 aromatic heterocycles. The van der Waals surface area contributed by atoms with Crippen molar-refractivity contribution in [3.63, 3.8) is 0 Å². The maximum Gasteiger partial charge on any atom is 0.220 e. The van der Waals surface area contributed by atoms with Gasteiger partial charge < -0.3 is 47.4 Å². The Morgan fingerprint density at radius 3 is 0.767 bits per heavy atom. The van der Waals surface area contributed by atoms with Gasteiger partial charge in [-0.1, -0.05) is 0 Å². The number of hydrogen-bond donors (Lipinski definition) is 0. The first-order valence-electron chi connectivity index (χ1n) is 10.00. The molecule has 3 aliphatic rings. The maximum atomic E-state index is 6.41. The molecular formula is C20H36O10. The Morgan fingerprint density at radius 1 is 0.433 bits per heavy atom. The van der Waals surface area contributed by atoms with Crippen molar-refractivity contribution in [2.24, 2.45) is 0 Å². The molecule has 2 heterocycles. The van der Waals surface area contributed by atoms with E-state index in [9.17, 15) is 0 Å². The number of methoxy groups -OCH3 is 6. The predicted octanol–water partition coefficient (Wildman–Crippen LogP) is 1.05. The number of hydrogen-bond acceptors (Lipinski definition) is 10. The Balaban J connectivity index is 2.05. The lowest BCUT2D eigenvalue weighted by Crippen LogP contribution is -2.79. The van der Waals surface area contributed by atoms with Crippen molar-refractivity contribution in [3.05, 3.63) is 0 Å². The zero-order valence-corrected chi connectivity index (χ0v) is 19.5. The highest BCUT2D eigenvalue weighted by atomic mass is 16.8. The van der Waals surface area contributed by atoms with Crippen molar-refractivity contribution in [1.82, 2.24) is 0 Å². The average Bonchev–Trinajstić information content (AvgIpc) is 2.74. The van der Waals surface area contributed by atoms with Crippen molar-refractivity contribution in [2.75, 3.05) is 42.7 Å². The third kappa shape index (κ3) is 3.24. The molecule has 0 bridgehead atoms. The van der Waals surface area contributed by atoms with E-state index >= 15 is 0 Å². The summed E-state index contributed by atoms with van der Waals surface area (Å²) >= 11 is 0. The van der Waals surface area contributed by atoms with Crippen molar-refractivity contribution in [3.8, 4) is 0 Å². The van der Waals surface area contributed by atoms with Gasteiger partial charge in [-0.2, -0.15) is 0 Å². The molecule has 3 fully saturated rings. The van der Waals surface area contributed by atoms with Gasteiger partial charge in [0, 0.05) is 42.7 Å². The highest BCUT2D eigenvalue weighted by molar-refractivity contribution is 5.10. The molecule has 2 aliphatic heterocycles. The molecule has 0 aromatic rings. The molecule has 10 heteroatoms. The van der Waals surface area contributed by atoms with E-state index in [2.05, 4.69) is 0 Å². The molecule has 10 atom stereocenters. The van der Waals surface area contributed by atoms with Crippen LogP contribution >= 0.6 is 0 Å². The van der Waals surface area contributed by atoms with E-state index < -0.39 is 59.8 Å². The lowest BCUT2D eigenvalue weighted by Gasteiger charge is -2.62. The molecule has 0 N–H and O–H groups in total. The fourth-order valence-electron chi connectivity index (χ4n) is 4.60. The minimum Gasteiger partial charge on any atom is -0.376 e. The van der Waals surface area contributed by atoms with Crippen molar-refractivity contribution in [2.45, 2.75) is 87.5 Å². The Morgan fingerprint density at radius 2 is 0.633 bits per heavy atom. The highest BCUT2D eigenvalue weighted by Gasteiger charge is 2.69. The van der Waals surface area contributed by atoms with Crippen molar-refractivity contribution < 1.29 is 47.4 Å². The second-order valence-electron chi connectivity index (χ2n) is 8.33. The number of ether oxygens (including phenoxy) is 10. The normalized spacial score (nSPS) is 53.8. The van der Waals surface area contributed by atoms with E-state index in [0.29, 0.717) is 0 Å². The molecule has 0 aromatic carbocycles. The second-order valence-corrected chi connectivity index (χ2v) is 8.33. The Bertz CT molecular complexity index is 520. The molecule has 3 rings (SSSR count). The summed E-state index contributed by atoms with van der Waals surface area (Å²) in [6.07, 6.45) is -3.51. The predicted molar refractivity (Wildman–Crippen MR) is 103 cm³/mol. The van der Waals surface area contributed by atoms with E-state index in [1.54, 1.807) is 41.9 Å². The zero-order valence-electron chi connectivity index (χ0n) is 19.5. The highest BCUT2D eigenvalue weighted by Crippen LogP contribution is 2.50. The van der Waals surface area contributed by atoms with Crippen molar-refractivity contribution in [1.29, 1.82) is 0 Å². The topological polar surface area (TPSA) is 92.3 Å². The first kappa shape index (κ1) is 24.2. The molecule has 0 unspecified atom stereocenters. The molecule has 1 saturated carbocycles. The van der Waals surface area contributed by atoms with Crippen molar-refractivity contribution >= 4 is 0 Å². The van der Waals surface area contributed by atoms with E-state index in [0.717, 1.165) is 0 Å².